The summed E-state index contributed by atoms with van der Waals surface area (Å²) in [5, 5.41) is 0. The fraction of sp³-hybridized carbons (Fsp3) is 0.471. The van der Waals surface area contributed by atoms with Crippen LogP contribution in [0.2, 0.25) is 0 Å². The third kappa shape index (κ3) is 1.31. The van der Waals surface area contributed by atoms with Crippen molar-refractivity contribution in [1.82, 2.24) is 0 Å². The standard InChI is InChI=1S/C17H18O/c1-11-2-5-15-13(6-11)9-17(10-16(15)18)8-12-3-4-14(17)7-12/h2-3,5-6,14H,4,7-10H2,1H3. The molecule has 1 aromatic carbocycles. The van der Waals surface area contributed by atoms with Crippen molar-refractivity contribution in [2.24, 2.45) is 11.3 Å². The Hall–Kier alpha value is -1.37. The molecule has 4 rings (SSSR count). The van der Waals surface area contributed by atoms with E-state index in [-0.39, 0.29) is 5.41 Å². The summed E-state index contributed by atoms with van der Waals surface area (Å²) in [6, 6.07) is 6.33. The Morgan fingerprint density at radius 2 is 2.11 bits per heavy atom. The summed E-state index contributed by atoms with van der Waals surface area (Å²) in [6.45, 7) is 2.12. The summed E-state index contributed by atoms with van der Waals surface area (Å²) in [5.41, 5.74) is 5.47. The number of allylic oxidation sites excluding steroid dienone is 2. The van der Waals surface area contributed by atoms with Crippen molar-refractivity contribution in [2.45, 2.75) is 39.0 Å². The summed E-state index contributed by atoms with van der Waals surface area (Å²) in [4.78, 5) is 12.4. The molecule has 18 heavy (non-hydrogen) atoms. The lowest BCUT2D eigenvalue weighted by molar-refractivity contribution is 0.0824. The number of rotatable bonds is 0. The summed E-state index contributed by atoms with van der Waals surface area (Å²) < 4.78 is 0. The average Bonchev–Trinajstić information content (AvgIpc) is 2.88. The molecular formula is C17H18O. The van der Waals surface area contributed by atoms with E-state index >= 15 is 0 Å². The second kappa shape index (κ2) is 3.34. The lowest BCUT2D eigenvalue weighted by Crippen LogP contribution is -2.36. The van der Waals surface area contributed by atoms with E-state index in [1.54, 1.807) is 5.57 Å². The van der Waals surface area contributed by atoms with Gasteiger partial charge in [-0.25, -0.2) is 0 Å². The molecule has 2 bridgehead atoms. The highest BCUT2D eigenvalue weighted by molar-refractivity contribution is 5.99. The molecule has 1 nitrogen and oxygen atoms in total. The van der Waals surface area contributed by atoms with Gasteiger partial charge in [-0.05, 0) is 49.5 Å². The Balaban J connectivity index is 1.80. The highest BCUT2D eigenvalue weighted by Crippen LogP contribution is 2.58. The summed E-state index contributed by atoms with van der Waals surface area (Å²) in [6.07, 6.45) is 7.96. The maximum Gasteiger partial charge on any atom is 0.163 e. The monoisotopic (exact) mass is 238 g/mol. The molecule has 1 fully saturated rings. The summed E-state index contributed by atoms with van der Waals surface area (Å²) in [7, 11) is 0. The Bertz CT molecular complexity index is 581. The molecular weight excluding hydrogens is 220 g/mol. The molecule has 1 saturated carbocycles. The average molecular weight is 238 g/mol. The zero-order valence-corrected chi connectivity index (χ0v) is 10.8. The first kappa shape index (κ1) is 10.5. The van der Waals surface area contributed by atoms with Crippen molar-refractivity contribution in [1.29, 1.82) is 0 Å². The van der Waals surface area contributed by atoms with E-state index in [1.165, 1.54) is 30.4 Å². The van der Waals surface area contributed by atoms with E-state index in [4.69, 9.17) is 0 Å². The lowest BCUT2D eigenvalue weighted by atomic mass is 9.63. The van der Waals surface area contributed by atoms with E-state index in [0.29, 0.717) is 5.78 Å². The first-order valence-electron chi connectivity index (χ1n) is 6.97. The van der Waals surface area contributed by atoms with Gasteiger partial charge >= 0.3 is 0 Å². The van der Waals surface area contributed by atoms with Crippen LogP contribution in [0.15, 0.2) is 29.8 Å². The van der Waals surface area contributed by atoms with Crippen molar-refractivity contribution in [3.63, 3.8) is 0 Å². The molecule has 2 atom stereocenters. The molecule has 0 aliphatic heterocycles. The number of carbonyl (C=O) groups excluding carboxylic acids is 1. The molecule has 0 N–H and O–H groups in total. The van der Waals surface area contributed by atoms with Crippen LogP contribution in [0, 0.1) is 18.3 Å². The number of ketones is 1. The second-order valence-electron chi connectivity index (χ2n) is 6.48. The number of aryl methyl sites for hydroxylation is 1. The van der Waals surface area contributed by atoms with E-state index in [9.17, 15) is 4.79 Å². The number of carbonyl (C=O) groups is 1. The number of fused-ring (bicyclic) bond motifs is 4. The van der Waals surface area contributed by atoms with Gasteiger partial charge in [-0.2, -0.15) is 0 Å². The summed E-state index contributed by atoms with van der Waals surface area (Å²) in [5.74, 6) is 1.12. The van der Waals surface area contributed by atoms with Gasteiger partial charge in [0.1, 0.15) is 0 Å². The molecule has 1 spiro atoms. The number of hydrogen-bond acceptors (Lipinski definition) is 1. The first-order valence-corrected chi connectivity index (χ1v) is 6.97. The third-order valence-electron chi connectivity index (χ3n) is 5.26. The normalized spacial score (nSPS) is 32.8. The Labute approximate surface area is 108 Å². The largest absolute Gasteiger partial charge is 0.294 e. The number of benzene rings is 1. The van der Waals surface area contributed by atoms with Crippen LogP contribution in [-0.2, 0) is 6.42 Å². The van der Waals surface area contributed by atoms with E-state index in [1.807, 2.05) is 6.07 Å². The molecule has 92 valence electrons. The number of Topliss-reactive ketones (excluding diaryl/α,β-unsaturated/α-hetero) is 1. The Kier molecular flexibility index (Phi) is 1.96. The van der Waals surface area contributed by atoms with Crippen molar-refractivity contribution in [3.05, 3.63) is 46.5 Å². The van der Waals surface area contributed by atoms with Crippen LogP contribution in [0.4, 0.5) is 0 Å². The van der Waals surface area contributed by atoms with Crippen molar-refractivity contribution in [2.75, 3.05) is 0 Å². The molecule has 0 heterocycles. The molecule has 0 amide bonds. The minimum atomic E-state index is 0.280. The molecule has 3 aliphatic rings. The SMILES string of the molecule is Cc1ccc2c(c1)CC1(CC2=O)CC2=CCC1C2. The minimum absolute atomic E-state index is 0.280. The van der Waals surface area contributed by atoms with Gasteiger partial charge in [0, 0.05) is 12.0 Å². The van der Waals surface area contributed by atoms with Crippen LogP contribution in [-0.4, -0.2) is 5.78 Å². The van der Waals surface area contributed by atoms with Crippen LogP contribution in [0.1, 0.15) is 47.2 Å². The topological polar surface area (TPSA) is 17.1 Å². The molecule has 1 heteroatoms. The zero-order chi connectivity index (χ0) is 12.3. The van der Waals surface area contributed by atoms with Gasteiger partial charge in [0.25, 0.3) is 0 Å². The molecule has 0 saturated heterocycles. The molecule has 0 radical (unpaired) electrons. The second-order valence-corrected chi connectivity index (χ2v) is 6.48. The molecule has 0 aromatic heterocycles. The Morgan fingerprint density at radius 3 is 2.83 bits per heavy atom. The van der Waals surface area contributed by atoms with Gasteiger partial charge in [-0.1, -0.05) is 35.4 Å². The highest BCUT2D eigenvalue weighted by Gasteiger charge is 2.50. The molecule has 2 unspecified atom stereocenters. The van der Waals surface area contributed by atoms with Crippen molar-refractivity contribution in [3.8, 4) is 0 Å². The fourth-order valence-corrected chi connectivity index (χ4v) is 4.41. The van der Waals surface area contributed by atoms with Crippen molar-refractivity contribution >= 4 is 5.78 Å². The van der Waals surface area contributed by atoms with E-state index < -0.39 is 0 Å². The quantitative estimate of drug-likeness (QED) is 0.627. The van der Waals surface area contributed by atoms with Gasteiger partial charge in [-0.3, -0.25) is 4.79 Å². The highest BCUT2D eigenvalue weighted by atomic mass is 16.1. The van der Waals surface area contributed by atoms with Crippen LogP contribution >= 0.6 is 0 Å². The van der Waals surface area contributed by atoms with Crippen LogP contribution in [0.25, 0.3) is 0 Å². The maximum absolute atomic E-state index is 12.4. The predicted octanol–water partition coefficient (Wildman–Crippen LogP) is 3.85. The van der Waals surface area contributed by atoms with Gasteiger partial charge in [0.15, 0.2) is 5.78 Å². The van der Waals surface area contributed by atoms with E-state index in [0.717, 1.165) is 24.3 Å². The van der Waals surface area contributed by atoms with Gasteiger partial charge in [0.2, 0.25) is 0 Å². The fourth-order valence-electron chi connectivity index (χ4n) is 4.41. The van der Waals surface area contributed by atoms with E-state index in [2.05, 4.69) is 25.1 Å². The third-order valence-corrected chi connectivity index (χ3v) is 5.26. The smallest absolute Gasteiger partial charge is 0.163 e. The maximum atomic E-state index is 12.4. The number of hydrogen-bond donors (Lipinski definition) is 0. The lowest BCUT2D eigenvalue weighted by Gasteiger charge is -2.39. The zero-order valence-electron chi connectivity index (χ0n) is 10.8. The molecule has 3 aliphatic carbocycles. The Morgan fingerprint density at radius 1 is 1.22 bits per heavy atom. The molecule has 1 aromatic rings. The van der Waals surface area contributed by atoms with Gasteiger partial charge in [0.05, 0.1) is 0 Å². The predicted molar refractivity (Wildman–Crippen MR) is 71.7 cm³/mol. The van der Waals surface area contributed by atoms with Crippen LogP contribution < -0.4 is 0 Å². The van der Waals surface area contributed by atoms with Crippen LogP contribution in [0.3, 0.4) is 0 Å². The van der Waals surface area contributed by atoms with Gasteiger partial charge < -0.3 is 0 Å². The van der Waals surface area contributed by atoms with Crippen LogP contribution in [0.5, 0.6) is 0 Å². The summed E-state index contributed by atoms with van der Waals surface area (Å²) >= 11 is 0. The first-order chi connectivity index (χ1) is 8.66. The van der Waals surface area contributed by atoms with Crippen molar-refractivity contribution < 1.29 is 4.79 Å². The van der Waals surface area contributed by atoms with Gasteiger partial charge in [-0.15, -0.1) is 0 Å². The minimum Gasteiger partial charge on any atom is -0.294 e.